The highest BCUT2D eigenvalue weighted by Crippen LogP contribution is 2.16. The summed E-state index contributed by atoms with van der Waals surface area (Å²) in [4.78, 5) is 26.5. The van der Waals surface area contributed by atoms with Gasteiger partial charge in [0.2, 0.25) is 0 Å². The van der Waals surface area contributed by atoms with Gasteiger partial charge in [-0.2, -0.15) is 0 Å². The number of nitrogens with two attached hydrogens (primary N) is 1. The molecule has 2 amide bonds. The average molecular weight is 323 g/mol. The Kier molecular flexibility index (Phi) is 4.79. The molecule has 0 aliphatic carbocycles. The summed E-state index contributed by atoms with van der Waals surface area (Å²) >= 11 is 0. The van der Waals surface area contributed by atoms with Crippen LogP contribution in [-0.2, 0) is 0 Å². The first-order valence-corrected chi connectivity index (χ1v) is 8.20. The molecule has 0 unspecified atom stereocenters. The van der Waals surface area contributed by atoms with Crippen molar-refractivity contribution < 1.29 is 9.59 Å². The van der Waals surface area contributed by atoms with Crippen molar-refractivity contribution in [2.45, 2.75) is 19.3 Å². The second kappa shape index (κ2) is 7.17. The van der Waals surface area contributed by atoms with Crippen molar-refractivity contribution in [1.29, 1.82) is 0 Å². The smallest absolute Gasteiger partial charge is 0.255 e. The normalized spacial score (nSPS) is 14.2. The molecule has 1 aliphatic heterocycles. The SMILES string of the molecule is Nc1cccc(C(=O)Nc2ccc(C(=O)N3CCCCC3)cc2)c1. The first-order valence-electron chi connectivity index (χ1n) is 8.20. The number of carbonyl (C=O) groups excluding carboxylic acids is 2. The van der Waals surface area contributed by atoms with E-state index >= 15 is 0 Å². The summed E-state index contributed by atoms with van der Waals surface area (Å²) in [6.07, 6.45) is 3.33. The van der Waals surface area contributed by atoms with Crippen molar-refractivity contribution in [2.24, 2.45) is 0 Å². The minimum atomic E-state index is -0.225. The Morgan fingerprint density at radius 2 is 1.62 bits per heavy atom. The molecular formula is C19H21N3O2. The summed E-state index contributed by atoms with van der Waals surface area (Å²) in [7, 11) is 0. The summed E-state index contributed by atoms with van der Waals surface area (Å²) in [6, 6.07) is 13.8. The predicted octanol–water partition coefficient (Wildman–Crippen LogP) is 3.15. The second-order valence-corrected chi connectivity index (χ2v) is 6.01. The first-order chi connectivity index (χ1) is 11.6. The lowest BCUT2D eigenvalue weighted by atomic mass is 10.1. The fourth-order valence-electron chi connectivity index (χ4n) is 2.86. The molecule has 0 atom stereocenters. The third-order valence-corrected chi connectivity index (χ3v) is 4.18. The molecule has 1 fully saturated rings. The number of carbonyl (C=O) groups is 2. The Hall–Kier alpha value is -2.82. The van der Waals surface area contributed by atoms with Gasteiger partial charge in [0.05, 0.1) is 0 Å². The standard InChI is InChI=1S/C19H21N3O2/c20-16-6-4-5-15(13-16)18(23)21-17-9-7-14(8-10-17)19(24)22-11-2-1-3-12-22/h4-10,13H,1-3,11-12,20H2,(H,21,23). The lowest BCUT2D eigenvalue weighted by Gasteiger charge is -2.26. The maximum atomic E-state index is 12.4. The van der Waals surface area contributed by atoms with E-state index in [0.29, 0.717) is 22.5 Å². The summed E-state index contributed by atoms with van der Waals surface area (Å²) in [5.74, 6) is -0.166. The van der Waals surface area contributed by atoms with Crippen molar-refractivity contribution >= 4 is 23.2 Å². The van der Waals surface area contributed by atoms with Crippen LogP contribution in [0.1, 0.15) is 40.0 Å². The van der Waals surface area contributed by atoms with Crippen molar-refractivity contribution in [3.63, 3.8) is 0 Å². The number of anilines is 2. The van der Waals surface area contributed by atoms with E-state index < -0.39 is 0 Å². The zero-order valence-corrected chi connectivity index (χ0v) is 13.5. The highest BCUT2D eigenvalue weighted by atomic mass is 16.2. The zero-order chi connectivity index (χ0) is 16.9. The maximum Gasteiger partial charge on any atom is 0.255 e. The maximum absolute atomic E-state index is 12.4. The molecular weight excluding hydrogens is 302 g/mol. The molecule has 0 saturated carbocycles. The van der Waals surface area contributed by atoms with Crippen molar-refractivity contribution in [3.8, 4) is 0 Å². The van der Waals surface area contributed by atoms with Gasteiger partial charge in [-0.05, 0) is 61.7 Å². The van der Waals surface area contributed by atoms with Gasteiger partial charge in [-0.3, -0.25) is 9.59 Å². The van der Waals surface area contributed by atoms with Crippen LogP contribution in [0.5, 0.6) is 0 Å². The molecule has 0 aromatic heterocycles. The van der Waals surface area contributed by atoms with Gasteiger partial charge in [0.25, 0.3) is 11.8 Å². The number of nitrogens with zero attached hydrogens (tertiary/aromatic N) is 1. The molecule has 2 aromatic rings. The van der Waals surface area contributed by atoms with Crippen LogP contribution < -0.4 is 11.1 Å². The van der Waals surface area contributed by atoms with Crippen LogP contribution in [0, 0.1) is 0 Å². The summed E-state index contributed by atoms with van der Waals surface area (Å²) < 4.78 is 0. The highest BCUT2D eigenvalue weighted by Gasteiger charge is 2.18. The van der Waals surface area contributed by atoms with Crippen LogP contribution in [-0.4, -0.2) is 29.8 Å². The van der Waals surface area contributed by atoms with Gasteiger partial charge in [-0.1, -0.05) is 6.07 Å². The van der Waals surface area contributed by atoms with E-state index in [9.17, 15) is 9.59 Å². The number of hydrogen-bond acceptors (Lipinski definition) is 3. The molecule has 0 bridgehead atoms. The van der Waals surface area contributed by atoms with E-state index in [4.69, 9.17) is 5.73 Å². The summed E-state index contributed by atoms with van der Waals surface area (Å²) in [5.41, 5.74) is 8.04. The van der Waals surface area contributed by atoms with Gasteiger partial charge in [0, 0.05) is 35.6 Å². The van der Waals surface area contributed by atoms with E-state index in [1.54, 1.807) is 48.5 Å². The molecule has 124 valence electrons. The molecule has 1 aliphatic rings. The quantitative estimate of drug-likeness (QED) is 0.852. The van der Waals surface area contributed by atoms with Crippen LogP contribution in [0.15, 0.2) is 48.5 Å². The van der Waals surface area contributed by atoms with Crippen LogP contribution in [0.3, 0.4) is 0 Å². The molecule has 3 N–H and O–H groups in total. The fraction of sp³-hybridized carbons (Fsp3) is 0.263. The molecule has 5 heteroatoms. The largest absolute Gasteiger partial charge is 0.399 e. The van der Waals surface area contributed by atoms with Gasteiger partial charge >= 0.3 is 0 Å². The molecule has 24 heavy (non-hydrogen) atoms. The van der Waals surface area contributed by atoms with Crippen LogP contribution in [0.25, 0.3) is 0 Å². The molecule has 1 heterocycles. The van der Waals surface area contributed by atoms with E-state index in [1.807, 2.05) is 4.90 Å². The fourth-order valence-corrected chi connectivity index (χ4v) is 2.86. The third kappa shape index (κ3) is 3.74. The number of hydrogen-bond donors (Lipinski definition) is 2. The minimum absolute atomic E-state index is 0.0587. The van der Waals surface area contributed by atoms with E-state index in [0.717, 1.165) is 25.9 Å². The number of likely N-dealkylation sites (tertiary alicyclic amines) is 1. The van der Waals surface area contributed by atoms with E-state index in [2.05, 4.69) is 5.32 Å². The average Bonchev–Trinajstić information content (AvgIpc) is 2.62. The van der Waals surface area contributed by atoms with E-state index in [1.165, 1.54) is 6.42 Å². The van der Waals surface area contributed by atoms with Gasteiger partial charge in [0.1, 0.15) is 0 Å². The third-order valence-electron chi connectivity index (χ3n) is 4.18. The number of benzene rings is 2. The second-order valence-electron chi connectivity index (χ2n) is 6.01. The number of nitrogen functional groups attached to an aromatic ring is 1. The summed E-state index contributed by atoms with van der Waals surface area (Å²) in [6.45, 7) is 1.65. The molecule has 1 saturated heterocycles. The van der Waals surface area contributed by atoms with Gasteiger partial charge in [0.15, 0.2) is 0 Å². The van der Waals surface area contributed by atoms with Crippen molar-refractivity contribution in [1.82, 2.24) is 4.90 Å². The number of rotatable bonds is 3. The summed E-state index contributed by atoms with van der Waals surface area (Å²) in [5, 5.41) is 2.81. The lowest BCUT2D eigenvalue weighted by Crippen LogP contribution is -2.35. The molecule has 3 rings (SSSR count). The number of piperidine rings is 1. The molecule has 0 radical (unpaired) electrons. The number of amides is 2. The molecule has 0 spiro atoms. The first kappa shape index (κ1) is 16.1. The van der Waals surface area contributed by atoms with Crippen LogP contribution in [0.2, 0.25) is 0 Å². The Bertz CT molecular complexity index is 735. The molecule has 2 aromatic carbocycles. The Morgan fingerprint density at radius 1 is 0.917 bits per heavy atom. The van der Waals surface area contributed by atoms with Gasteiger partial charge < -0.3 is 16.0 Å². The lowest BCUT2D eigenvalue weighted by molar-refractivity contribution is 0.0724. The Balaban J connectivity index is 1.66. The van der Waals surface area contributed by atoms with Gasteiger partial charge in [-0.25, -0.2) is 0 Å². The predicted molar refractivity (Wildman–Crippen MR) is 95.0 cm³/mol. The number of nitrogens with one attached hydrogen (secondary N) is 1. The minimum Gasteiger partial charge on any atom is -0.399 e. The van der Waals surface area contributed by atoms with Crippen LogP contribution >= 0.6 is 0 Å². The van der Waals surface area contributed by atoms with Crippen LogP contribution in [0.4, 0.5) is 11.4 Å². The topological polar surface area (TPSA) is 75.4 Å². The van der Waals surface area contributed by atoms with E-state index in [-0.39, 0.29) is 11.8 Å². The monoisotopic (exact) mass is 323 g/mol. The Labute approximate surface area is 141 Å². The van der Waals surface area contributed by atoms with Crippen molar-refractivity contribution in [2.75, 3.05) is 24.1 Å². The van der Waals surface area contributed by atoms with Crippen molar-refractivity contribution in [3.05, 3.63) is 59.7 Å². The molecule has 5 nitrogen and oxygen atoms in total. The highest BCUT2D eigenvalue weighted by molar-refractivity contribution is 6.05. The zero-order valence-electron chi connectivity index (χ0n) is 13.5. The Morgan fingerprint density at radius 3 is 2.29 bits per heavy atom. The van der Waals surface area contributed by atoms with Gasteiger partial charge in [-0.15, -0.1) is 0 Å².